The van der Waals surface area contributed by atoms with Crippen LogP contribution >= 0.6 is 0 Å². The number of hydrogen-bond acceptors (Lipinski definition) is 5. The van der Waals surface area contributed by atoms with Crippen LogP contribution in [0.1, 0.15) is 22.5 Å². The van der Waals surface area contributed by atoms with Crippen LogP contribution < -0.4 is 4.74 Å². The molecule has 162 valence electrons. The molecule has 6 nitrogen and oxygen atoms in total. The second-order valence-corrected chi connectivity index (χ2v) is 7.16. The number of amides is 1. The molecule has 1 N–H and O–H groups in total. The lowest BCUT2D eigenvalue weighted by Gasteiger charge is -2.22. The Morgan fingerprint density at radius 3 is 2.68 bits per heavy atom. The van der Waals surface area contributed by atoms with Crippen LogP contribution in [0, 0.1) is 0 Å². The first-order chi connectivity index (χ1) is 14.7. The van der Waals surface area contributed by atoms with Gasteiger partial charge in [0.15, 0.2) is 0 Å². The van der Waals surface area contributed by atoms with Crippen molar-refractivity contribution in [2.24, 2.45) is 0 Å². The number of carbonyl (C=O) groups excluding carboxylic acids is 1. The van der Waals surface area contributed by atoms with E-state index in [0.29, 0.717) is 22.8 Å². The lowest BCUT2D eigenvalue weighted by atomic mass is 10.1. The Hall–Kier alpha value is -3.27. The fraction of sp³-hybridized carbons (Fsp3) is 0.286. The zero-order chi connectivity index (χ0) is 22.2. The number of likely N-dealkylation sites (tertiary alicyclic amines) is 1. The van der Waals surface area contributed by atoms with E-state index in [0.717, 1.165) is 12.1 Å². The third-order valence-electron chi connectivity index (χ3n) is 5.00. The fourth-order valence-electron chi connectivity index (χ4n) is 3.44. The smallest absolute Gasteiger partial charge is 0.417 e. The Bertz CT molecular complexity index is 1110. The number of carbonyl (C=O) groups is 1. The maximum Gasteiger partial charge on any atom is 0.417 e. The zero-order valence-corrected chi connectivity index (χ0v) is 16.0. The molecule has 1 aliphatic heterocycles. The number of aliphatic hydroxyl groups excluding tert-OH is 1. The van der Waals surface area contributed by atoms with Crippen LogP contribution in [0.4, 0.5) is 17.6 Å². The van der Waals surface area contributed by atoms with Crippen LogP contribution in [0.2, 0.25) is 0 Å². The van der Waals surface area contributed by atoms with Gasteiger partial charge in [-0.1, -0.05) is 6.07 Å². The second kappa shape index (κ2) is 8.10. The highest BCUT2D eigenvalue weighted by Gasteiger charge is 2.35. The first kappa shape index (κ1) is 21.0. The third-order valence-corrected chi connectivity index (χ3v) is 5.00. The number of halogens is 4. The van der Waals surface area contributed by atoms with Crippen molar-refractivity contribution in [1.82, 2.24) is 14.9 Å². The molecule has 2 atom stereocenters. The first-order valence-corrected chi connectivity index (χ1v) is 9.42. The van der Waals surface area contributed by atoms with Gasteiger partial charge >= 0.3 is 6.18 Å². The molecule has 1 aromatic carbocycles. The van der Waals surface area contributed by atoms with Gasteiger partial charge in [-0.2, -0.15) is 13.2 Å². The average molecular weight is 435 g/mol. The SMILES string of the molecule is O=C(c1ccc2cc(Oc3ccc(C(F)(F)F)cn3)ccc2n1)N1C[C@@H](F)C[C@H]1CO. The molecule has 1 amide bonds. The van der Waals surface area contributed by atoms with E-state index in [4.69, 9.17) is 4.74 Å². The molecule has 0 spiro atoms. The molecule has 3 aromatic rings. The average Bonchev–Trinajstić information content (AvgIpc) is 3.13. The van der Waals surface area contributed by atoms with Crippen LogP contribution in [0.25, 0.3) is 10.9 Å². The van der Waals surface area contributed by atoms with E-state index in [1.165, 1.54) is 11.0 Å². The van der Waals surface area contributed by atoms with Crippen LogP contribution in [0.15, 0.2) is 48.7 Å². The lowest BCUT2D eigenvalue weighted by Crippen LogP contribution is -2.38. The number of hydrogen-bond donors (Lipinski definition) is 1. The van der Waals surface area contributed by atoms with E-state index in [1.807, 2.05) is 0 Å². The second-order valence-electron chi connectivity index (χ2n) is 7.16. The molecule has 1 saturated heterocycles. The number of fused-ring (bicyclic) bond motifs is 1. The Kier molecular flexibility index (Phi) is 5.48. The van der Waals surface area contributed by atoms with E-state index in [2.05, 4.69) is 9.97 Å². The van der Waals surface area contributed by atoms with Crippen molar-refractivity contribution in [3.05, 3.63) is 59.9 Å². The molecule has 0 aliphatic carbocycles. The number of pyridine rings is 2. The van der Waals surface area contributed by atoms with E-state index >= 15 is 0 Å². The minimum Gasteiger partial charge on any atom is -0.439 e. The summed E-state index contributed by atoms with van der Waals surface area (Å²) in [5, 5.41) is 10.0. The summed E-state index contributed by atoms with van der Waals surface area (Å²) >= 11 is 0. The summed E-state index contributed by atoms with van der Waals surface area (Å²) in [6.07, 6.45) is -4.88. The van der Waals surface area contributed by atoms with E-state index in [-0.39, 0.29) is 31.1 Å². The summed E-state index contributed by atoms with van der Waals surface area (Å²) in [6.45, 7) is -0.408. The minimum atomic E-state index is -4.48. The van der Waals surface area contributed by atoms with E-state index in [9.17, 15) is 27.5 Å². The van der Waals surface area contributed by atoms with Crippen molar-refractivity contribution in [1.29, 1.82) is 0 Å². The van der Waals surface area contributed by atoms with Crippen molar-refractivity contribution in [3.8, 4) is 11.6 Å². The van der Waals surface area contributed by atoms with Crippen molar-refractivity contribution in [2.75, 3.05) is 13.2 Å². The van der Waals surface area contributed by atoms with Gasteiger partial charge in [-0.05, 0) is 30.3 Å². The molecular weight excluding hydrogens is 418 g/mol. The topological polar surface area (TPSA) is 75.5 Å². The molecular formula is C21H17F4N3O3. The fourth-order valence-corrected chi connectivity index (χ4v) is 3.44. The van der Waals surface area contributed by atoms with Crippen molar-refractivity contribution in [2.45, 2.75) is 24.8 Å². The highest BCUT2D eigenvalue weighted by atomic mass is 19.4. The standard InChI is InChI=1S/C21H17F4N3O3/c22-14-8-15(11-29)28(10-14)20(30)18-4-1-12-7-16(3-5-17(12)27-18)31-19-6-2-13(9-26-19)21(23,24)25/h1-7,9,14-15,29H,8,10-11H2/t14-,15-/m0/s1. The Balaban J connectivity index is 1.52. The van der Waals surface area contributed by atoms with Crippen LogP contribution in [0.3, 0.4) is 0 Å². The van der Waals surface area contributed by atoms with Gasteiger partial charge in [0.25, 0.3) is 5.91 Å². The lowest BCUT2D eigenvalue weighted by molar-refractivity contribution is -0.137. The zero-order valence-electron chi connectivity index (χ0n) is 16.0. The van der Waals surface area contributed by atoms with Crippen molar-refractivity contribution < 1.29 is 32.2 Å². The van der Waals surface area contributed by atoms with Gasteiger partial charge in [0.2, 0.25) is 5.88 Å². The van der Waals surface area contributed by atoms with E-state index < -0.39 is 29.9 Å². The van der Waals surface area contributed by atoms with Gasteiger partial charge in [0.05, 0.1) is 30.3 Å². The Morgan fingerprint density at radius 2 is 2.00 bits per heavy atom. The highest BCUT2D eigenvalue weighted by Crippen LogP contribution is 2.31. The monoisotopic (exact) mass is 435 g/mol. The maximum absolute atomic E-state index is 13.6. The quantitative estimate of drug-likeness (QED) is 0.628. The summed E-state index contributed by atoms with van der Waals surface area (Å²) < 4.78 is 57.0. The highest BCUT2D eigenvalue weighted by molar-refractivity contribution is 5.95. The predicted octanol–water partition coefficient (Wildman–Crippen LogP) is 3.99. The van der Waals surface area contributed by atoms with Gasteiger partial charge in [0.1, 0.15) is 17.6 Å². The molecule has 1 aliphatic rings. The molecule has 0 radical (unpaired) electrons. The number of aromatic nitrogens is 2. The number of ether oxygens (including phenoxy) is 1. The maximum atomic E-state index is 13.6. The Morgan fingerprint density at radius 1 is 1.19 bits per heavy atom. The summed E-state index contributed by atoms with van der Waals surface area (Å²) in [5.41, 5.74) is -0.270. The number of alkyl halides is 4. The van der Waals surface area contributed by atoms with Gasteiger partial charge in [-0.15, -0.1) is 0 Å². The molecule has 0 saturated carbocycles. The third kappa shape index (κ3) is 4.43. The van der Waals surface area contributed by atoms with E-state index in [1.54, 1.807) is 24.3 Å². The predicted molar refractivity (Wildman–Crippen MR) is 102 cm³/mol. The molecule has 4 rings (SSSR count). The van der Waals surface area contributed by atoms with Crippen LogP contribution in [-0.2, 0) is 6.18 Å². The van der Waals surface area contributed by atoms with Crippen molar-refractivity contribution >= 4 is 16.8 Å². The molecule has 3 heterocycles. The normalized spacial score (nSPS) is 19.1. The van der Waals surface area contributed by atoms with Gasteiger partial charge in [0, 0.05) is 24.1 Å². The summed E-state index contributed by atoms with van der Waals surface area (Å²) in [5.74, 6) is -0.131. The molecule has 31 heavy (non-hydrogen) atoms. The molecule has 0 unspecified atom stereocenters. The van der Waals surface area contributed by atoms with Gasteiger partial charge in [-0.25, -0.2) is 14.4 Å². The molecule has 1 fully saturated rings. The number of nitrogens with zero attached hydrogens (tertiary/aromatic N) is 3. The number of rotatable bonds is 4. The summed E-state index contributed by atoms with van der Waals surface area (Å²) in [4.78, 5) is 21.9. The molecule has 2 aromatic heterocycles. The van der Waals surface area contributed by atoms with Gasteiger partial charge < -0.3 is 14.7 Å². The Labute approximate surface area is 174 Å². The van der Waals surface area contributed by atoms with Crippen LogP contribution in [0.5, 0.6) is 11.6 Å². The minimum absolute atomic E-state index is 0.00281. The summed E-state index contributed by atoms with van der Waals surface area (Å²) in [6, 6.07) is 9.31. The van der Waals surface area contributed by atoms with Gasteiger partial charge in [-0.3, -0.25) is 4.79 Å². The van der Waals surface area contributed by atoms with Crippen LogP contribution in [-0.4, -0.2) is 51.2 Å². The largest absolute Gasteiger partial charge is 0.439 e. The number of aliphatic hydroxyl groups is 1. The van der Waals surface area contributed by atoms with Crippen molar-refractivity contribution in [3.63, 3.8) is 0 Å². The number of benzene rings is 1. The summed E-state index contributed by atoms with van der Waals surface area (Å²) in [7, 11) is 0. The molecule has 0 bridgehead atoms. The first-order valence-electron chi connectivity index (χ1n) is 9.42. The molecule has 10 heteroatoms.